The second-order valence-corrected chi connectivity index (χ2v) is 9.81. The molecule has 42 heavy (non-hydrogen) atoms. The molecule has 6 rings (SSSR count). The molecule has 0 aliphatic heterocycles. The van der Waals surface area contributed by atoms with Crippen LogP contribution in [0, 0.1) is 17.1 Å². The van der Waals surface area contributed by atoms with E-state index in [-0.39, 0.29) is 17.7 Å². The zero-order valence-electron chi connectivity index (χ0n) is 22.3. The van der Waals surface area contributed by atoms with Crippen molar-refractivity contribution in [2.24, 2.45) is 0 Å². The minimum atomic E-state index is -0.990. The van der Waals surface area contributed by atoms with E-state index in [1.165, 1.54) is 6.07 Å². The number of hydrogen-bond donors (Lipinski definition) is 1. The molecule has 206 valence electrons. The summed E-state index contributed by atoms with van der Waals surface area (Å²) in [7, 11) is 0. The van der Waals surface area contributed by atoms with Crippen LogP contribution in [0.2, 0.25) is 0 Å². The summed E-state index contributed by atoms with van der Waals surface area (Å²) in [6.07, 6.45) is 2.15. The van der Waals surface area contributed by atoms with E-state index in [4.69, 9.17) is 19.4 Å². The third-order valence-electron chi connectivity index (χ3n) is 7.03. The van der Waals surface area contributed by atoms with Crippen LogP contribution in [0.5, 0.6) is 5.75 Å². The maximum atomic E-state index is 14.2. The predicted molar refractivity (Wildman–Crippen MR) is 155 cm³/mol. The minimum Gasteiger partial charge on any atom is -0.489 e. The van der Waals surface area contributed by atoms with Gasteiger partial charge in [-0.3, -0.25) is 0 Å². The first-order valence-corrected chi connectivity index (χ1v) is 13.2. The Kier molecular flexibility index (Phi) is 7.22. The number of halogens is 1. The number of imidazole rings is 1. The molecule has 0 bridgehead atoms. The summed E-state index contributed by atoms with van der Waals surface area (Å²) in [5.41, 5.74) is 5.27. The molecule has 8 heteroatoms. The Balaban J connectivity index is 1.21. The van der Waals surface area contributed by atoms with Crippen LogP contribution < -0.4 is 4.74 Å². The second kappa shape index (κ2) is 11.4. The summed E-state index contributed by atoms with van der Waals surface area (Å²) in [5, 5.41) is 18.4. The fourth-order valence-electron chi connectivity index (χ4n) is 4.83. The average molecular weight is 558 g/mol. The standard InChI is InChI=1S/C34H24FN3O4/c35-30-15-23(19-36)8-11-27(30)21-42-28-4-1-3-25(17-28)24-9-6-22(7-10-24)16-33-37-31-13-12-26(34(39)40)18-32(31)38(33)20-29-5-2-14-41-29/h1-15,17-18H,16,20-21H2,(H,39,40). The Morgan fingerprint density at radius 1 is 0.976 bits per heavy atom. The minimum absolute atomic E-state index is 0.0485. The van der Waals surface area contributed by atoms with E-state index in [1.54, 1.807) is 36.6 Å². The van der Waals surface area contributed by atoms with E-state index in [9.17, 15) is 14.3 Å². The highest BCUT2D eigenvalue weighted by Crippen LogP contribution is 2.27. The van der Waals surface area contributed by atoms with Gasteiger partial charge in [-0.1, -0.05) is 42.5 Å². The largest absolute Gasteiger partial charge is 0.489 e. The molecule has 2 heterocycles. The smallest absolute Gasteiger partial charge is 0.335 e. The van der Waals surface area contributed by atoms with Crippen molar-refractivity contribution < 1.29 is 23.4 Å². The lowest BCUT2D eigenvalue weighted by Crippen LogP contribution is -2.06. The monoisotopic (exact) mass is 557 g/mol. The molecule has 0 spiro atoms. The summed E-state index contributed by atoms with van der Waals surface area (Å²) in [4.78, 5) is 16.4. The molecule has 0 fully saturated rings. The Morgan fingerprint density at radius 2 is 1.83 bits per heavy atom. The van der Waals surface area contributed by atoms with Crippen molar-refractivity contribution >= 4 is 17.0 Å². The highest BCUT2D eigenvalue weighted by molar-refractivity contribution is 5.92. The number of aromatic carboxylic acids is 1. The Morgan fingerprint density at radius 3 is 2.57 bits per heavy atom. The number of carboxylic acid groups (broad SMARTS) is 1. The van der Waals surface area contributed by atoms with Crippen molar-refractivity contribution in [3.8, 4) is 22.9 Å². The molecule has 0 saturated carbocycles. The van der Waals surface area contributed by atoms with Crippen LogP contribution in [0.3, 0.4) is 0 Å². The summed E-state index contributed by atoms with van der Waals surface area (Å²) in [5.74, 6) is 0.682. The van der Waals surface area contributed by atoms with E-state index in [2.05, 4.69) is 0 Å². The van der Waals surface area contributed by atoms with Gasteiger partial charge in [0.15, 0.2) is 0 Å². The number of ether oxygens (including phenoxy) is 1. The van der Waals surface area contributed by atoms with Crippen LogP contribution in [0.25, 0.3) is 22.2 Å². The number of nitrogens with zero attached hydrogens (tertiary/aromatic N) is 3. The van der Waals surface area contributed by atoms with Crippen LogP contribution in [-0.2, 0) is 19.6 Å². The van der Waals surface area contributed by atoms with E-state index in [0.717, 1.165) is 39.3 Å². The zero-order valence-corrected chi connectivity index (χ0v) is 22.3. The second-order valence-electron chi connectivity index (χ2n) is 9.81. The van der Waals surface area contributed by atoms with E-state index >= 15 is 0 Å². The van der Waals surface area contributed by atoms with Crippen LogP contribution in [0.15, 0.2) is 108 Å². The van der Waals surface area contributed by atoms with E-state index < -0.39 is 11.8 Å². The SMILES string of the molecule is N#Cc1ccc(COc2cccc(-c3ccc(Cc4nc5ccc(C(=O)O)cc5n4Cc4ccco4)cc3)c2)c(F)c1. The molecule has 1 N–H and O–H groups in total. The number of carboxylic acids is 1. The van der Waals surface area contributed by atoms with Gasteiger partial charge in [-0.25, -0.2) is 14.2 Å². The highest BCUT2D eigenvalue weighted by atomic mass is 19.1. The number of carbonyl (C=O) groups is 1. The van der Waals surface area contributed by atoms with Gasteiger partial charge in [-0.05, 0) is 71.3 Å². The molecule has 0 aliphatic carbocycles. The van der Waals surface area contributed by atoms with Gasteiger partial charge >= 0.3 is 5.97 Å². The molecule has 7 nitrogen and oxygen atoms in total. The quantitative estimate of drug-likeness (QED) is 0.201. The van der Waals surface area contributed by atoms with Gasteiger partial charge in [-0.2, -0.15) is 5.26 Å². The van der Waals surface area contributed by atoms with Crippen molar-refractivity contribution in [3.63, 3.8) is 0 Å². The lowest BCUT2D eigenvalue weighted by atomic mass is 10.0. The zero-order chi connectivity index (χ0) is 29.1. The lowest BCUT2D eigenvalue weighted by Gasteiger charge is -2.10. The lowest BCUT2D eigenvalue weighted by molar-refractivity contribution is 0.0697. The normalized spacial score (nSPS) is 11.0. The summed E-state index contributed by atoms with van der Waals surface area (Å²) >= 11 is 0. The molecule has 4 aromatic carbocycles. The van der Waals surface area contributed by atoms with Gasteiger partial charge in [0.1, 0.15) is 29.8 Å². The number of fused-ring (bicyclic) bond motifs is 1. The van der Waals surface area contributed by atoms with Crippen molar-refractivity contribution in [3.05, 3.63) is 143 Å². The van der Waals surface area contributed by atoms with Gasteiger partial charge < -0.3 is 18.8 Å². The maximum Gasteiger partial charge on any atom is 0.335 e. The number of hydrogen-bond acceptors (Lipinski definition) is 5. The molecule has 6 aromatic rings. The first-order valence-electron chi connectivity index (χ1n) is 13.2. The predicted octanol–water partition coefficient (Wildman–Crippen LogP) is 7.22. The van der Waals surface area contributed by atoms with Gasteiger partial charge in [0.25, 0.3) is 0 Å². The summed E-state index contributed by atoms with van der Waals surface area (Å²) in [6.45, 7) is 0.478. The average Bonchev–Trinajstić information content (AvgIpc) is 3.65. The maximum absolute atomic E-state index is 14.2. The molecule has 0 radical (unpaired) electrons. The molecular weight excluding hydrogens is 533 g/mol. The van der Waals surface area contributed by atoms with Crippen molar-refractivity contribution in [2.45, 2.75) is 19.6 Å². The fraction of sp³-hybridized carbons (Fsp3) is 0.0882. The summed E-state index contributed by atoms with van der Waals surface area (Å²) in [6, 6.07) is 30.6. The third-order valence-corrected chi connectivity index (χ3v) is 7.03. The van der Waals surface area contributed by atoms with Crippen LogP contribution >= 0.6 is 0 Å². The molecule has 2 aromatic heterocycles. The van der Waals surface area contributed by atoms with E-state index in [0.29, 0.717) is 24.3 Å². The number of aromatic nitrogens is 2. The van der Waals surface area contributed by atoms with Gasteiger partial charge in [-0.15, -0.1) is 0 Å². The Hall–Kier alpha value is -5.68. The van der Waals surface area contributed by atoms with Gasteiger partial charge in [0.05, 0.1) is 41.0 Å². The van der Waals surface area contributed by atoms with Gasteiger partial charge in [0.2, 0.25) is 0 Å². The number of furan rings is 1. The molecule has 0 amide bonds. The third kappa shape index (κ3) is 5.62. The Labute approximate surface area is 240 Å². The molecule has 0 saturated heterocycles. The first kappa shape index (κ1) is 26.5. The van der Waals surface area contributed by atoms with E-state index in [1.807, 2.05) is 71.3 Å². The number of rotatable bonds is 9. The van der Waals surface area contributed by atoms with Crippen molar-refractivity contribution in [1.29, 1.82) is 5.26 Å². The molecule has 0 unspecified atom stereocenters. The van der Waals surface area contributed by atoms with Crippen LogP contribution in [-0.4, -0.2) is 20.6 Å². The molecule has 0 aliphatic rings. The Bertz CT molecular complexity index is 1940. The van der Waals surface area contributed by atoms with Crippen LogP contribution in [0.4, 0.5) is 4.39 Å². The van der Waals surface area contributed by atoms with Crippen LogP contribution in [0.1, 0.15) is 38.6 Å². The molecular formula is C34H24FN3O4. The number of nitriles is 1. The molecule has 0 atom stereocenters. The van der Waals surface area contributed by atoms with Gasteiger partial charge in [0, 0.05) is 12.0 Å². The topological polar surface area (TPSA) is 101 Å². The highest BCUT2D eigenvalue weighted by Gasteiger charge is 2.15. The summed E-state index contributed by atoms with van der Waals surface area (Å²) < 4.78 is 27.6. The fourth-order valence-corrected chi connectivity index (χ4v) is 4.83. The number of benzene rings is 4. The first-order chi connectivity index (χ1) is 20.5. The van der Waals surface area contributed by atoms with Crippen molar-refractivity contribution in [1.82, 2.24) is 9.55 Å². The van der Waals surface area contributed by atoms with Crippen molar-refractivity contribution in [2.75, 3.05) is 0 Å².